The maximum Gasteiger partial charge on any atom is 0.325 e. The number of urea groups is 1. The molecule has 0 fully saturated rings. The van der Waals surface area contributed by atoms with E-state index in [1.165, 1.54) is 17.7 Å². The summed E-state index contributed by atoms with van der Waals surface area (Å²) >= 11 is 0. The second-order valence-corrected chi connectivity index (χ2v) is 5.22. The summed E-state index contributed by atoms with van der Waals surface area (Å²) in [5.74, 6) is -0.272. The average Bonchev–Trinajstić information content (AvgIpc) is 2.56. The number of halogens is 1. The van der Waals surface area contributed by atoms with Crippen molar-refractivity contribution in [3.8, 4) is 0 Å². The maximum atomic E-state index is 12.8. The molecule has 0 saturated carbocycles. The van der Waals surface area contributed by atoms with Gasteiger partial charge in [-0.1, -0.05) is 30.3 Å². The molecule has 112 valence electrons. The van der Waals surface area contributed by atoms with Crippen LogP contribution < -0.4 is 10.2 Å². The number of carbonyl (C=O) groups is 1. The molecule has 4 heteroatoms. The lowest BCUT2D eigenvalue weighted by Crippen LogP contribution is -2.40. The van der Waals surface area contributed by atoms with E-state index < -0.39 is 0 Å². The van der Waals surface area contributed by atoms with Gasteiger partial charge in [0.05, 0.1) is 0 Å². The lowest BCUT2D eigenvalue weighted by atomic mass is 10.0. The van der Waals surface area contributed by atoms with E-state index >= 15 is 0 Å². The lowest BCUT2D eigenvalue weighted by molar-refractivity contribution is 0.249. The number of carbonyl (C=O) groups excluding carboxylic acids is 1. The first-order valence-corrected chi connectivity index (χ1v) is 7.32. The number of amides is 2. The summed E-state index contributed by atoms with van der Waals surface area (Å²) < 4.78 is 12.8. The van der Waals surface area contributed by atoms with Crippen LogP contribution in [0.2, 0.25) is 0 Å². The molecule has 3 rings (SSSR count). The van der Waals surface area contributed by atoms with Crippen molar-refractivity contribution < 1.29 is 9.18 Å². The molecule has 2 aromatic rings. The Morgan fingerprint density at radius 2 is 1.91 bits per heavy atom. The summed E-state index contributed by atoms with van der Waals surface area (Å²) in [6.45, 7) is 0.716. The van der Waals surface area contributed by atoms with Gasteiger partial charge in [0.25, 0.3) is 0 Å². The molecule has 2 aromatic carbocycles. The third-order valence-corrected chi connectivity index (χ3v) is 3.71. The van der Waals surface area contributed by atoms with Crippen molar-refractivity contribution in [1.29, 1.82) is 0 Å². The van der Waals surface area contributed by atoms with E-state index in [2.05, 4.69) is 11.4 Å². The molecule has 0 aliphatic carbocycles. The molecule has 3 nitrogen and oxygen atoms in total. The Hall–Kier alpha value is -2.62. The van der Waals surface area contributed by atoms with E-state index in [1.54, 1.807) is 29.3 Å². The minimum absolute atomic E-state index is 0.148. The number of hydrogen-bond acceptors (Lipinski definition) is 1. The Morgan fingerprint density at radius 3 is 2.73 bits per heavy atom. The highest BCUT2D eigenvalue weighted by Gasteiger charge is 2.21. The number of nitrogens with zero attached hydrogens (tertiary/aromatic N) is 1. The molecule has 0 bridgehead atoms. The van der Waals surface area contributed by atoms with Crippen molar-refractivity contribution in [1.82, 2.24) is 5.32 Å². The Kier molecular flexibility index (Phi) is 4.19. The van der Waals surface area contributed by atoms with Crippen LogP contribution in [0.4, 0.5) is 14.9 Å². The van der Waals surface area contributed by atoms with Crippen LogP contribution in [-0.4, -0.2) is 12.6 Å². The Labute approximate surface area is 129 Å². The molecule has 0 aromatic heterocycles. The van der Waals surface area contributed by atoms with Gasteiger partial charge in [-0.3, -0.25) is 4.90 Å². The molecular formula is C18H17FN2O. The van der Waals surface area contributed by atoms with Crippen LogP contribution in [0.5, 0.6) is 0 Å². The molecule has 0 atom stereocenters. The zero-order valence-corrected chi connectivity index (χ0v) is 12.1. The highest BCUT2D eigenvalue weighted by atomic mass is 19.1. The summed E-state index contributed by atoms with van der Waals surface area (Å²) in [5, 5.41) is 2.77. The Morgan fingerprint density at radius 1 is 1.14 bits per heavy atom. The van der Waals surface area contributed by atoms with Crippen molar-refractivity contribution in [2.75, 3.05) is 11.4 Å². The minimum Gasteiger partial charge on any atom is -0.314 e. The number of fused-ring (bicyclic) bond motifs is 1. The first kappa shape index (κ1) is 14.3. The zero-order valence-electron chi connectivity index (χ0n) is 12.1. The Bertz CT molecular complexity index is 694. The summed E-state index contributed by atoms with van der Waals surface area (Å²) in [6, 6.07) is 13.9. The maximum absolute atomic E-state index is 12.8. The average molecular weight is 296 g/mol. The third kappa shape index (κ3) is 3.17. The highest BCUT2D eigenvalue weighted by Crippen LogP contribution is 2.26. The number of hydrogen-bond donors (Lipinski definition) is 1. The standard InChI is InChI=1S/C18H17FN2O/c19-16-9-7-14(8-10-16)11-12-20-18(22)21-13-3-5-15-4-1-2-6-17(15)21/h1-2,4,6-12H,3,5,13H2,(H,20,22)/b12-11+. The second-order valence-electron chi connectivity index (χ2n) is 5.22. The summed E-state index contributed by atoms with van der Waals surface area (Å²) in [6.07, 6.45) is 5.30. The molecule has 0 radical (unpaired) electrons. The van der Waals surface area contributed by atoms with Crippen LogP contribution in [-0.2, 0) is 6.42 Å². The van der Waals surface area contributed by atoms with Gasteiger partial charge in [-0.25, -0.2) is 9.18 Å². The van der Waals surface area contributed by atoms with Gasteiger partial charge >= 0.3 is 6.03 Å². The molecular weight excluding hydrogens is 279 g/mol. The van der Waals surface area contributed by atoms with E-state index in [9.17, 15) is 9.18 Å². The monoisotopic (exact) mass is 296 g/mol. The number of benzene rings is 2. The van der Waals surface area contributed by atoms with Crippen LogP contribution >= 0.6 is 0 Å². The van der Waals surface area contributed by atoms with Gasteiger partial charge in [-0.05, 0) is 48.2 Å². The number of anilines is 1. The molecule has 1 N–H and O–H groups in total. The largest absolute Gasteiger partial charge is 0.325 e. The van der Waals surface area contributed by atoms with Crippen molar-refractivity contribution >= 4 is 17.8 Å². The van der Waals surface area contributed by atoms with Gasteiger partial charge in [-0.2, -0.15) is 0 Å². The fourth-order valence-electron chi connectivity index (χ4n) is 2.61. The lowest BCUT2D eigenvalue weighted by Gasteiger charge is -2.28. The predicted molar refractivity (Wildman–Crippen MR) is 86.1 cm³/mol. The van der Waals surface area contributed by atoms with Crippen LogP contribution in [0.15, 0.2) is 54.7 Å². The molecule has 1 aliphatic rings. The van der Waals surface area contributed by atoms with E-state index in [1.807, 2.05) is 18.2 Å². The molecule has 1 heterocycles. The van der Waals surface area contributed by atoms with Crippen LogP contribution in [0.1, 0.15) is 17.5 Å². The molecule has 2 amide bonds. The Balaban J connectivity index is 1.67. The van der Waals surface area contributed by atoms with Crippen LogP contribution in [0.25, 0.3) is 6.08 Å². The highest BCUT2D eigenvalue weighted by molar-refractivity contribution is 5.94. The summed E-state index contributed by atoms with van der Waals surface area (Å²) in [7, 11) is 0. The molecule has 1 aliphatic heterocycles. The number of para-hydroxylation sites is 1. The fourth-order valence-corrected chi connectivity index (χ4v) is 2.61. The third-order valence-electron chi connectivity index (χ3n) is 3.71. The van der Waals surface area contributed by atoms with Crippen molar-refractivity contribution in [3.05, 3.63) is 71.7 Å². The van der Waals surface area contributed by atoms with Gasteiger partial charge in [-0.15, -0.1) is 0 Å². The van der Waals surface area contributed by atoms with Gasteiger partial charge in [0.1, 0.15) is 5.82 Å². The molecule has 0 saturated heterocycles. The first-order valence-electron chi connectivity index (χ1n) is 7.32. The fraction of sp³-hybridized carbons (Fsp3) is 0.167. The van der Waals surface area contributed by atoms with Crippen molar-refractivity contribution in [2.45, 2.75) is 12.8 Å². The predicted octanol–water partition coefficient (Wildman–Crippen LogP) is 3.96. The van der Waals surface area contributed by atoms with E-state index in [4.69, 9.17) is 0 Å². The van der Waals surface area contributed by atoms with Gasteiger partial charge < -0.3 is 5.32 Å². The molecule has 0 unspecified atom stereocenters. The topological polar surface area (TPSA) is 32.3 Å². The summed E-state index contributed by atoms with van der Waals surface area (Å²) in [5.41, 5.74) is 3.01. The van der Waals surface area contributed by atoms with Crippen molar-refractivity contribution in [3.63, 3.8) is 0 Å². The van der Waals surface area contributed by atoms with E-state index in [0.29, 0.717) is 6.54 Å². The first-order chi connectivity index (χ1) is 10.7. The quantitative estimate of drug-likeness (QED) is 0.894. The smallest absolute Gasteiger partial charge is 0.314 e. The second kappa shape index (κ2) is 6.43. The van der Waals surface area contributed by atoms with Gasteiger partial charge in [0.15, 0.2) is 0 Å². The van der Waals surface area contributed by atoms with E-state index in [0.717, 1.165) is 24.1 Å². The van der Waals surface area contributed by atoms with Gasteiger partial charge in [0.2, 0.25) is 0 Å². The SMILES string of the molecule is O=C(N/C=C/c1ccc(F)cc1)N1CCCc2ccccc21. The molecule has 22 heavy (non-hydrogen) atoms. The molecule has 0 spiro atoms. The summed E-state index contributed by atoms with van der Waals surface area (Å²) in [4.78, 5) is 14.1. The van der Waals surface area contributed by atoms with E-state index in [-0.39, 0.29) is 11.8 Å². The van der Waals surface area contributed by atoms with Crippen LogP contribution in [0, 0.1) is 5.82 Å². The van der Waals surface area contributed by atoms with Crippen LogP contribution in [0.3, 0.4) is 0 Å². The van der Waals surface area contributed by atoms with Crippen molar-refractivity contribution in [2.24, 2.45) is 0 Å². The zero-order chi connectivity index (χ0) is 15.4. The number of rotatable bonds is 2. The van der Waals surface area contributed by atoms with Gasteiger partial charge in [0, 0.05) is 18.4 Å². The number of nitrogens with one attached hydrogen (secondary N) is 1. The normalized spacial score (nSPS) is 14.0. The minimum atomic E-state index is -0.272. The number of aryl methyl sites for hydroxylation is 1.